The molecule has 2 atom stereocenters. The topological polar surface area (TPSA) is 27.3 Å². The minimum absolute atomic E-state index is 0. The van der Waals surface area contributed by atoms with Gasteiger partial charge in [-0.05, 0) is 26.3 Å². The van der Waals surface area contributed by atoms with E-state index in [1.54, 1.807) is 0 Å². The maximum Gasteiger partial charge on any atom is 0.0225 e. The molecule has 4 heteroatoms. The van der Waals surface area contributed by atoms with Crippen molar-refractivity contribution in [1.29, 1.82) is 0 Å². The third kappa shape index (κ3) is 2.83. The molecule has 0 bridgehead atoms. The molecule has 0 aliphatic carbocycles. The molecule has 2 N–H and O–H groups in total. The summed E-state index contributed by atoms with van der Waals surface area (Å²) >= 11 is 0. The number of halogens is 1. The smallest absolute Gasteiger partial charge is 0.0225 e. The third-order valence-electron chi connectivity index (χ3n) is 3.29. The predicted octanol–water partition coefficient (Wildman–Crippen LogP) is 0.454. The van der Waals surface area contributed by atoms with Crippen molar-refractivity contribution in [2.24, 2.45) is 0 Å². The fourth-order valence-electron chi connectivity index (χ4n) is 2.52. The van der Waals surface area contributed by atoms with Crippen LogP contribution in [0.5, 0.6) is 0 Å². The lowest BCUT2D eigenvalue weighted by Gasteiger charge is -2.41. The SMILES string of the molecule is C[C@H]1CNCCN1C1CCCNC1.Cl. The van der Waals surface area contributed by atoms with Gasteiger partial charge in [-0.3, -0.25) is 4.90 Å². The van der Waals surface area contributed by atoms with E-state index in [1.165, 1.54) is 39.0 Å². The molecule has 1 unspecified atom stereocenters. The summed E-state index contributed by atoms with van der Waals surface area (Å²) in [6.45, 7) is 8.31. The summed E-state index contributed by atoms with van der Waals surface area (Å²) in [5, 5.41) is 6.93. The van der Waals surface area contributed by atoms with Gasteiger partial charge in [-0.2, -0.15) is 0 Å². The highest BCUT2D eigenvalue weighted by Gasteiger charge is 2.26. The van der Waals surface area contributed by atoms with E-state index < -0.39 is 0 Å². The molecule has 2 heterocycles. The molecule has 2 rings (SSSR count). The van der Waals surface area contributed by atoms with Gasteiger partial charge in [0.25, 0.3) is 0 Å². The highest BCUT2D eigenvalue weighted by atomic mass is 35.5. The second-order valence-corrected chi connectivity index (χ2v) is 4.29. The van der Waals surface area contributed by atoms with Crippen LogP contribution in [0.4, 0.5) is 0 Å². The molecule has 0 amide bonds. The van der Waals surface area contributed by atoms with Crippen LogP contribution < -0.4 is 10.6 Å². The number of piperazine rings is 1. The molecule has 3 nitrogen and oxygen atoms in total. The molecule has 2 fully saturated rings. The summed E-state index contributed by atoms with van der Waals surface area (Å²) in [4.78, 5) is 2.67. The summed E-state index contributed by atoms with van der Waals surface area (Å²) in [6, 6.07) is 1.52. The number of nitrogens with zero attached hydrogens (tertiary/aromatic N) is 1. The molecule has 0 saturated carbocycles. The highest BCUT2D eigenvalue weighted by Crippen LogP contribution is 2.14. The zero-order valence-electron chi connectivity index (χ0n) is 8.96. The van der Waals surface area contributed by atoms with Crippen LogP contribution in [0.1, 0.15) is 19.8 Å². The van der Waals surface area contributed by atoms with Crippen molar-refractivity contribution in [3.05, 3.63) is 0 Å². The fourth-order valence-corrected chi connectivity index (χ4v) is 2.52. The average molecular weight is 220 g/mol. The van der Waals surface area contributed by atoms with Crippen molar-refractivity contribution in [3.63, 3.8) is 0 Å². The quantitative estimate of drug-likeness (QED) is 0.671. The van der Waals surface area contributed by atoms with Gasteiger partial charge >= 0.3 is 0 Å². The number of piperidine rings is 1. The standard InChI is InChI=1S/C10H21N3.ClH/c1-9-7-12-5-6-13(9)10-3-2-4-11-8-10;/h9-12H,2-8H2,1H3;1H/t9-,10?;/m0./s1. The zero-order valence-corrected chi connectivity index (χ0v) is 9.78. The fraction of sp³-hybridized carbons (Fsp3) is 1.00. The molecule has 14 heavy (non-hydrogen) atoms. The molecule has 0 radical (unpaired) electrons. The van der Waals surface area contributed by atoms with E-state index in [4.69, 9.17) is 0 Å². The summed E-state index contributed by atoms with van der Waals surface area (Å²) in [5.74, 6) is 0. The zero-order chi connectivity index (χ0) is 9.10. The van der Waals surface area contributed by atoms with E-state index in [0.29, 0.717) is 0 Å². The predicted molar refractivity (Wildman–Crippen MR) is 62.2 cm³/mol. The van der Waals surface area contributed by atoms with Crippen molar-refractivity contribution in [2.45, 2.75) is 31.8 Å². The number of nitrogens with one attached hydrogen (secondary N) is 2. The first-order valence-corrected chi connectivity index (χ1v) is 5.55. The second-order valence-electron chi connectivity index (χ2n) is 4.29. The van der Waals surface area contributed by atoms with E-state index in [2.05, 4.69) is 22.5 Å². The Morgan fingerprint density at radius 3 is 2.57 bits per heavy atom. The van der Waals surface area contributed by atoms with Crippen molar-refractivity contribution in [1.82, 2.24) is 15.5 Å². The Labute approximate surface area is 93.0 Å². The Hall–Kier alpha value is 0.170. The van der Waals surface area contributed by atoms with Crippen LogP contribution >= 0.6 is 12.4 Å². The van der Waals surface area contributed by atoms with E-state index in [1.807, 2.05) is 0 Å². The lowest BCUT2D eigenvalue weighted by Crippen LogP contribution is -2.57. The van der Waals surface area contributed by atoms with Gasteiger partial charge in [-0.15, -0.1) is 12.4 Å². The van der Waals surface area contributed by atoms with Crippen molar-refractivity contribution in [2.75, 3.05) is 32.7 Å². The Morgan fingerprint density at radius 1 is 1.14 bits per heavy atom. The molecule has 0 aromatic rings. The Balaban J connectivity index is 0.000000980. The molecule has 84 valence electrons. The first kappa shape index (κ1) is 12.2. The van der Waals surface area contributed by atoms with E-state index in [-0.39, 0.29) is 12.4 Å². The summed E-state index contributed by atoms with van der Waals surface area (Å²) in [5.41, 5.74) is 0. The van der Waals surface area contributed by atoms with Crippen LogP contribution in [0.3, 0.4) is 0 Å². The van der Waals surface area contributed by atoms with Crippen molar-refractivity contribution >= 4 is 12.4 Å². The van der Waals surface area contributed by atoms with Crippen molar-refractivity contribution in [3.8, 4) is 0 Å². The molecular formula is C10H22ClN3. The molecule has 2 aliphatic rings. The first-order chi connectivity index (χ1) is 6.38. The van der Waals surface area contributed by atoms with Crippen LogP contribution in [0, 0.1) is 0 Å². The normalized spacial score (nSPS) is 34.9. The Morgan fingerprint density at radius 2 is 1.93 bits per heavy atom. The third-order valence-corrected chi connectivity index (χ3v) is 3.29. The van der Waals surface area contributed by atoms with Crippen LogP contribution in [0.25, 0.3) is 0 Å². The van der Waals surface area contributed by atoms with Crippen LogP contribution in [0.15, 0.2) is 0 Å². The summed E-state index contributed by atoms with van der Waals surface area (Å²) in [7, 11) is 0. The largest absolute Gasteiger partial charge is 0.315 e. The van der Waals surface area contributed by atoms with Gasteiger partial charge < -0.3 is 10.6 Å². The van der Waals surface area contributed by atoms with Gasteiger partial charge in [-0.1, -0.05) is 0 Å². The van der Waals surface area contributed by atoms with Crippen molar-refractivity contribution < 1.29 is 0 Å². The summed E-state index contributed by atoms with van der Waals surface area (Å²) in [6.07, 6.45) is 2.73. The molecule has 2 aliphatic heterocycles. The average Bonchev–Trinajstić information content (AvgIpc) is 2.20. The first-order valence-electron chi connectivity index (χ1n) is 5.55. The number of hydrogen-bond acceptors (Lipinski definition) is 3. The van der Waals surface area contributed by atoms with E-state index >= 15 is 0 Å². The maximum absolute atomic E-state index is 3.49. The maximum atomic E-state index is 3.49. The lowest BCUT2D eigenvalue weighted by molar-refractivity contribution is 0.0987. The minimum atomic E-state index is 0. The molecule has 0 spiro atoms. The second kappa shape index (κ2) is 5.91. The Bertz CT molecular complexity index is 159. The minimum Gasteiger partial charge on any atom is -0.315 e. The Kier molecular flexibility index (Phi) is 5.17. The van der Waals surface area contributed by atoms with Gasteiger partial charge in [-0.25, -0.2) is 0 Å². The van der Waals surface area contributed by atoms with Gasteiger partial charge in [0.2, 0.25) is 0 Å². The van der Waals surface area contributed by atoms with Gasteiger partial charge in [0.1, 0.15) is 0 Å². The monoisotopic (exact) mass is 219 g/mol. The molecule has 0 aromatic heterocycles. The van der Waals surface area contributed by atoms with Gasteiger partial charge in [0.15, 0.2) is 0 Å². The molecule has 0 aromatic carbocycles. The summed E-state index contributed by atoms with van der Waals surface area (Å²) < 4.78 is 0. The van der Waals surface area contributed by atoms with Gasteiger partial charge in [0.05, 0.1) is 0 Å². The number of rotatable bonds is 1. The van der Waals surface area contributed by atoms with E-state index in [0.717, 1.165) is 18.6 Å². The number of hydrogen-bond donors (Lipinski definition) is 2. The van der Waals surface area contributed by atoms with Crippen LogP contribution in [-0.4, -0.2) is 49.7 Å². The van der Waals surface area contributed by atoms with Gasteiger partial charge in [0, 0.05) is 38.3 Å². The highest BCUT2D eigenvalue weighted by molar-refractivity contribution is 5.85. The lowest BCUT2D eigenvalue weighted by atomic mass is 10.0. The van der Waals surface area contributed by atoms with Crippen LogP contribution in [-0.2, 0) is 0 Å². The molecule has 2 saturated heterocycles. The molecular weight excluding hydrogens is 198 g/mol. The van der Waals surface area contributed by atoms with Crippen LogP contribution in [0.2, 0.25) is 0 Å². The van der Waals surface area contributed by atoms with E-state index in [9.17, 15) is 0 Å².